The average Bonchev–Trinajstić information content (AvgIpc) is 2.79. The van der Waals surface area contributed by atoms with Crippen LogP contribution in [0.5, 0.6) is 0 Å². The van der Waals surface area contributed by atoms with Gasteiger partial charge < -0.3 is 15.0 Å². The number of nitrogens with one attached hydrogen (secondary N) is 1. The van der Waals surface area contributed by atoms with E-state index < -0.39 is 17.8 Å². The summed E-state index contributed by atoms with van der Waals surface area (Å²) in [6.07, 6.45) is 0.455. The first-order valence-electron chi connectivity index (χ1n) is 11.6. The molecule has 3 rings (SSSR count). The summed E-state index contributed by atoms with van der Waals surface area (Å²) >= 11 is 0. The largest absolute Gasteiger partial charge is 0.463 e. The van der Waals surface area contributed by atoms with Crippen molar-refractivity contribution in [3.63, 3.8) is 0 Å². The molecule has 2 atom stereocenters. The zero-order valence-corrected chi connectivity index (χ0v) is 19.8. The van der Waals surface area contributed by atoms with E-state index in [0.29, 0.717) is 44.8 Å². The van der Waals surface area contributed by atoms with Gasteiger partial charge in [0.15, 0.2) is 0 Å². The van der Waals surface area contributed by atoms with Gasteiger partial charge in [-0.25, -0.2) is 14.0 Å². The number of hydrogen-bond acceptors (Lipinski definition) is 5. The van der Waals surface area contributed by atoms with E-state index in [0.717, 1.165) is 0 Å². The lowest BCUT2D eigenvalue weighted by atomic mass is 9.93. The molecule has 180 valence electrons. The minimum Gasteiger partial charge on any atom is -0.463 e. The van der Waals surface area contributed by atoms with Crippen molar-refractivity contribution in [1.29, 1.82) is 0 Å². The van der Waals surface area contributed by atoms with Crippen molar-refractivity contribution >= 4 is 17.9 Å². The Labute approximate surface area is 194 Å². The third-order valence-electron chi connectivity index (χ3n) is 6.17. The summed E-state index contributed by atoms with van der Waals surface area (Å²) in [4.78, 5) is 43.8. The lowest BCUT2D eigenvalue weighted by Crippen LogP contribution is -2.56. The van der Waals surface area contributed by atoms with Crippen LogP contribution in [0.15, 0.2) is 35.5 Å². The summed E-state index contributed by atoms with van der Waals surface area (Å²) in [5.41, 5.74) is 0.965. The maximum absolute atomic E-state index is 14.7. The van der Waals surface area contributed by atoms with Crippen LogP contribution in [-0.4, -0.2) is 78.0 Å². The molecule has 2 aliphatic rings. The number of hydrogen-bond donors (Lipinski definition) is 1. The van der Waals surface area contributed by atoms with Gasteiger partial charge in [-0.05, 0) is 26.8 Å². The number of likely N-dealkylation sites (N-methyl/N-ethyl adjacent to an activating group) is 1. The van der Waals surface area contributed by atoms with Gasteiger partial charge in [-0.3, -0.25) is 14.6 Å². The Bertz CT molecular complexity index is 935. The van der Waals surface area contributed by atoms with Crippen LogP contribution in [-0.2, 0) is 14.3 Å². The first kappa shape index (κ1) is 24.7. The molecule has 2 heterocycles. The number of piperazine rings is 1. The first-order chi connectivity index (χ1) is 15.8. The van der Waals surface area contributed by atoms with Crippen molar-refractivity contribution in [2.45, 2.75) is 46.2 Å². The van der Waals surface area contributed by atoms with Gasteiger partial charge in [0.2, 0.25) is 5.91 Å². The number of amides is 3. The zero-order chi connectivity index (χ0) is 24.1. The standard InChI is InChI=1S/C24H33FN4O4/c1-5-20(30)29-13-12-27(14-16(29)4)15-19-21(23(31)33-7-3)22(26-24(32)28(19)6-2)17-10-8-9-11-18(17)25/h8-11,16,22H,5-7,12-15H2,1-4H3,(H,26,32)/t16-,22-/m0/s1. The monoisotopic (exact) mass is 460 g/mol. The van der Waals surface area contributed by atoms with E-state index in [2.05, 4.69) is 10.2 Å². The van der Waals surface area contributed by atoms with Gasteiger partial charge in [0.1, 0.15) is 5.82 Å². The molecule has 1 N–H and O–H groups in total. The molecular weight excluding hydrogens is 427 g/mol. The Morgan fingerprint density at radius 1 is 1.18 bits per heavy atom. The third-order valence-corrected chi connectivity index (χ3v) is 6.17. The molecular formula is C24H33FN4O4. The summed E-state index contributed by atoms with van der Waals surface area (Å²) in [7, 11) is 0. The first-order valence-corrected chi connectivity index (χ1v) is 11.6. The van der Waals surface area contributed by atoms with Crippen LogP contribution >= 0.6 is 0 Å². The SMILES string of the molecule is CCOC(=O)C1=C(CN2CCN(C(=O)CC)[C@@H](C)C2)N(CC)C(=O)N[C@H]1c1ccccc1F. The molecule has 1 fully saturated rings. The van der Waals surface area contributed by atoms with Crippen molar-refractivity contribution in [3.05, 3.63) is 46.9 Å². The van der Waals surface area contributed by atoms with Crippen LogP contribution in [0.2, 0.25) is 0 Å². The molecule has 2 aliphatic heterocycles. The second-order valence-electron chi connectivity index (χ2n) is 8.25. The lowest BCUT2D eigenvalue weighted by molar-refractivity contribution is -0.139. The second kappa shape index (κ2) is 10.8. The fourth-order valence-corrected chi connectivity index (χ4v) is 4.56. The highest BCUT2D eigenvalue weighted by Crippen LogP contribution is 2.33. The molecule has 0 spiro atoms. The van der Waals surface area contributed by atoms with Crippen molar-refractivity contribution < 1.29 is 23.5 Å². The molecule has 1 saturated heterocycles. The second-order valence-corrected chi connectivity index (χ2v) is 8.25. The van der Waals surface area contributed by atoms with Gasteiger partial charge in [-0.15, -0.1) is 0 Å². The molecule has 1 aromatic carbocycles. The van der Waals surface area contributed by atoms with Crippen LogP contribution < -0.4 is 5.32 Å². The zero-order valence-electron chi connectivity index (χ0n) is 19.8. The van der Waals surface area contributed by atoms with E-state index in [1.54, 1.807) is 25.1 Å². The summed E-state index contributed by atoms with van der Waals surface area (Å²) in [6.45, 7) is 9.99. The highest BCUT2D eigenvalue weighted by atomic mass is 19.1. The van der Waals surface area contributed by atoms with Crippen LogP contribution in [0.1, 0.15) is 45.7 Å². The van der Waals surface area contributed by atoms with Crippen molar-refractivity contribution in [1.82, 2.24) is 20.0 Å². The summed E-state index contributed by atoms with van der Waals surface area (Å²) in [5, 5.41) is 2.79. The van der Waals surface area contributed by atoms with E-state index in [9.17, 15) is 18.8 Å². The van der Waals surface area contributed by atoms with E-state index in [1.807, 2.05) is 25.7 Å². The maximum Gasteiger partial charge on any atom is 0.338 e. The summed E-state index contributed by atoms with van der Waals surface area (Å²) in [5.74, 6) is -0.971. The normalized spacial score (nSPS) is 21.8. The molecule has 0 aliphatic carbocycles. The minimum atomic E-state index is -0.948. The number of esters is 1. The maximum atomic E-state index is 14.7. The molecule has 3 amide bonds. The van der Waals surface area contributed by atoms with Gasteiger partial charge in [-0.2, -0.15) is 0 Å². The molecule has 1 aromatic rings. The smallest absolute Gasteiger partial charge is 0.338 e. The predicted octanol–water partition coefficient (Wildman–Crippen LogP) is 2.67. The highest BCUT2D eigenvalue weighted by molar-refractivity contribution is 5.95. The molecule has 0 aromatic heterocycles. The predicted molar refractivity (Wildman–Crippen MR) is 122 cm³/mol. The van der Waals surface area contributed by atoms with Crippen LogP contribution in [0.25, 0.3) is 0 Å². The van der Waals surface area contributed by atoms with E-state index in [4.69, 9.17) is 4.74 Å². The topological polar surface area (TPSA) is 82.2 Å². The number of carbonyl (C=O) groups excluding carboxylic acids is 3. The van der Waals surface area contributed by atoms with Gasteiger partial charge in [0.05, 0.1) is 18.2 Å². The Morgan fingerprint density at radius 2 is 1.91 bits per heavy atom. The molecule has 8 nitrogen and oxygen atoms in total. The van der Waals surface area contributed by atoms with Crippen LogP contribution in [0, 0.1) is 5.82 Å². The Kier molecular flexibility index (Phi) is 8.07. The number of carbonyl (C=O) groups is 3. The number of halogens is 1. The summed E-state index contributed by atoms with van der Waals surface area (Å²) in [6, 6.07) is 4.78. The van der Waals surface area contributed by atoms with Crippen LogP contribution in [0.3, 0.4) is 0 Å². The number of urea groups is 1. The molecule has 0 unspecified atom stereocenters. The van der Waals surface area contributed by atoms with Gasteiger partial charge in [0.25, 0.3) is 0 Å². The highest BCUT2D eigenvalue weighted by Gasteiger charge is 2.40. The minimum absolute atomic E-state index is 0.00713. The lowest BCUT2D eigenvalue weighted by Gasteiger charge is -2.43. The number of ether oxygens (including phenoxy) is 1. The number of benzene rings is 1. The molecule has 0 saturated carbocycles. The fourth-order valence-electron chi connectivity index (χ4n) is 4.56. The van der Waals surface area contributed by atoms with Crippen molar-refractivity contribution in [3.8, 4) is 0 Å². The summed E-state index contributed by atoms with van der Waals surface area (Å²) < 4.78 is 20.0. The van der Waals surface area contributed by atoms with Crippen LogP contribution in [0.4, 0.5) is 9.18 Å². The average molecular weight is 461 g/mol. The molecule has 9 heteroatoms. The fraction of sp³-hybridized carbons (Fsp3) is 0.542. The van der Waals surface area contributed by atoms with E-state index >= 15 is 0 Å². The number of rotatable bonds is 7. The Morgan fingerprint density at radius 3 is 2.52 bits per heavy atom. The van der Waals surface area contributed by atoms with Gasteiger partial charge in [-0.1, -0.05) is 25.1 Å². The van der Waals surface area contributed by atoms with Gasteiger partial charge >= 0.3 is 12.0 Å². The van der Waals surface area contributed by atoms with Crippen molar-refractivity contribution in [2.24, 2.45) is 0 Å². The molecule has 0 bridgehead atoms. The van der Waals surface area contributed by atoms with Crippen molar-refractivity contribution in [2.75, 3.05) is 39.3 Å². The third kappa shape index (κ3) is 5.19. The number of nitrogens with zero attached hydrogens (tertiary/aromatic N) is 3. The quantitative estimate of drug-likeness (QED) is 0.633. The Hall–Kier alpha value is -2.94. The van der Waals surface area contributed by atoms with E-state index in [1.165, 1.54) is 11.0 Å². The molecule has 33 heavy (non-hydrogen) atoms. The van der Waals surface area contributed by atoms with E-state index in [-0.39, 0.29) is 35.7 Å². The molecule has 0 radical (unpaired) electrons. The Balaban J connectivity index is 2.01. The van der Waals surface area contributed by atoms with Gasteiger partial charge in [0, 0.05) is 56.4 Å².